The molecule has 0 saturated carbocycles. The Hall–Kier alpha value is -3.56. The van der Waals surface area contributed by atoms with Gasteiger partial charge in [-0.25, -0.2) is 0 Å². The van der Waals surface area contributed by atoms with Crippen LogP contribution in [0.2, 0.25) is 5.02 Å². The van der Waals surface area contributed by atoms with Gasteiger partial charge in [-0.3, -0.25) is 9.78 Å². The van der Waals surface area contributed by atoms with E-state index in [0.29, 0.717) is 22.9 Å². The molecule has 29 heavy (non-hydrogen) atoms. The predicted octanol–water partition coefficient (Wildman–Crippen LogP) is 3.47. The van der Waals surface area contributed by atoms with Crippen LogP contribution in [0, 0.1) is 18.3 Å². The SMILES string of the molecule is Cc1cc2c(c(=O)n1Cc1cccnc1)[C@H](c1ccc(Cl)cc1)C(C#N)=C(N)O2. The minimum atomic E-state index is -0.630. The molecule has 2 aromatic heterocycles. The van der Waals surface area contributed by atoms with E-state index in [1.54, 1.807) is 47.3 Å². The van der Waals surface area contributed by atoms with Crippen LogP contribution in [0.25, 0.3) is 0 Å². The summed E-state index contributed by atoms with van der Waals surface area (Å²) in [6.45, 7) is 2.19. The molecule has 3 heterocycles. The Morgan fingerprint density at radius 2 is 2.07 bits per heavy atom. The number of hydrogen-bond donors (Lipinski definition) is 1. The molecule has 0 amide bonds. The van der Waals surface area contributed by atoms with Crippen molar-refractivity contribution in [1.29, 1.82) is 5.26 Å². The van der Waals surface area contributed by atoms with Crippen LogP contribution in [0.5, 0.6) is 5.75 Å². The van der Waals surface area contributed by atoms with Crippen LogP contribution >= 0.6 is 11.6 Å². The van der Waals surface area contributed by atoms with Crippen LogP contribution in [-0.2, 0) is 6.54 Å². The number of pyridine rings is 2. The van der Waals surface area contributed by atoms with Crippen molar-refractivity contribution in [2.45, 2.75) is 19.4 Å². The van der Waals surface area contributed by atoms with Crippen molar-refractivity contribution in [2.75, 3.05) is 0 Å². The molecule has 0 radical (unpaired) electrons. The van der Waals surface area contributed by atoms with Gasteiger partial charge in [0.15, 0.2) is 0 Å². The third-order valence-corrected chi connectivity index (χ3v) is 5.21. The maximum absolute atomic E-state index is 13.5. The summed E-state index contributed by atoms with van der Waals surface area (Å²) in [6, 6.07) is 14.6. The lowest BCUT2D eigenvalue weighted by Gasteiger charge is -2.27. The molecular formula is C22H17ClN4O2. The summed E-state index contributed by atoms with van der Waals surface area (Å²) < 4.78 is 7.31. The second-order valence-electron chi connectivity index (χ2n) is 6.79. The normalized spacial score (nSPS) is 15.4. The molecule has 6 nitrogen and oxygen atoms in total. The summed E-state index contributed by atoms with van der Waals surface area (Å²) in [4.78, 5) is 17.6. The summed E-state index contributed by atoms with van der Waals surface area (Å²) in [5, 5.41) is 10.3. The highest BCUT2D eigenvalue weighted by molar-refractivity contribution is 6.30. The van der Waals surface area contributed by atoms with E-state index >= 15 is 0 Å². The zero-order valence-corrected chi connectivity index (χ0v) is 16.3. The van der Waals surface area contributed by atoms with Crippen molar-refractivity contribution < 1.29 is 4.74 Å². The highest BCUT2D eigenvalue weighted by Crippen LogP contribution is 2.40. The first-order valence-electron chi connectivity index (χ1n) is 8.96. The summed E-state index contributed by atoms with van der Waals surface area (Å²) >= 11 is 6.02. The number of nitrogens with zero attached hydrogens (tertiary/aromatic N) is 3. The lowest BCUT2D eigenvalue weighted by molar-refractivity contribution is 0.389. The highest BCUT2D eigenvalue weighted by Gasteiger charge is 2.34. The molecule has 0 bridgehead atoms. The van der Waals surface area contributed by atoms with Gasteiger partial charge in [-0.1, -0.05) is 29.8 Å². The van der Waals surface area contributed by atoms with E-state index in [2.05, 4.69) is 11.1 Å². The summed E-state index contributed by atoms with van der Waals surface area (Å²) in [5.41, 5.74) is 8.73. The largest absolute Gasteiger partial charge is 0.440 e. The van der Waals surface area contributed by atoms with Gasteiger partial charge in [0.1, 0.15) is 17.4 Å². The molecule has 0 saturated heterocycles. The van der Waals surface area contributed by atoms with Crippen LogP contribution in [-0.4, -0.2) is 9.55 Å². The maximum atomic E-state index is 13.5. The van der Waals surface area contributed by atoms with Gasteiger partial charge in [-0.15, -0.1) is 0 Å². The van der Waals surface area contributed by atoms with E-state index in [1.165, 1.54) is 0 Å². The maximum Gasteiger partial charge on any atom is 0.259 e. The third kappa shape index (κ3) is 3.37. The molecule has 1 atom stereocenters. The third-order valence-electron chi connectivity index (χ3n) is 4.96. The molecule has 1 aliphatic rings. The number of benzene rings is 1. The second kappa shape index (κ2) is 7.46. The molecule has 0 fully saturated rings. The first kappa shape index (κ1) is 18.8. The van der Waals surface area contributed by atoms with Gasteiger partial charge in [-0.05, 0) is 36.2 Å². The summed E-state index contributed by atoms with van der Waals surface area (Å²) in [5.74, 6) is -0.260. The van der Waals surface area contributed by atoms with Crippen molar-refractivity contribution in [3.8, 4) is 11.8 Å². The van der Waals surface area contributed by atoms with Crippen LogP contribution < -0.4 is 16.0 Å². The van der Waals surface area contributed by atoms with Gasteiger partial charge in [0, 0.05) is 29.2 Å². The molecule has 7 heteroatoms. The van der Waals surface area contributed by atoms with E-state index in [-0.39, 0.29) is 17.0 Å². The summed E-state index contributed by atoms with van der Waals surface area (Å²) in [7, 11) is 0. The number of rotatable bonds is 3. The van der Waals surface area contributed by atoms with E-state index in [9.17, 15) is 10.1 Å². The van der Waals surface area contributed by atoms with Gasteiger partial charge < -0.3 is 15.0 Å². The van der Waals surface area contributed by atoms with Crippen molar-refractivity contribution in [3.63, 3.8) is 0 Å². The topological polar surface area (TPSA) is 93.9 Å². The van der Waals surface area contributed by atoms with Crippen molar-refractivity contribution in [3.05, 3.63) is 104 Å². The Kier molecular flexibility index (Phi) is 4.83. The number of halogens is 1. The number of aryl methyl sites for hydroxylation is 1. The standard InChI is InChI=1S/C22H17ClN4O2/c1-13-9-18-20(22(28)27(13)12-14-3-2-8-26-11-14)19(17(10-24)21(25)29-18)15-4-6-16(23)7-5-15/h2-9,11,19H,12,25H2,1H3/t19-/m1/s1. The Morgan fingerprint density at radius 3 is 2.72 bits per heavy atom. The molecule has 0 spiro atoms. The quantitative estimate of drug-likeness (QED) is 0.721. The van der Waals surface area contributed by atoms with Crippen molar-refractivity contribution >= 4 is 11.6 Å². The van der Waals surface area contributed by atoms with Gasteiger partial charge in [0.05, 0.1) is 18.0 Å². The van der Waals surface area contributed by atoms with Crippen LogP contribution in [0.4, 0.5) is 0 Å². The number of allylic oxidation sites excluding steroid dienone is 1. The predicted molar refractivity (Wildman–Crippen MR) is 110 cm³/mol. The fourth-order valence-electron chi connectivity index (χ4n) is 3.55. The second-order valence-corrected chi connectivity index (χ2v) is 7.23. The molecule has 4 rings (SSSR count). The average Bonchev–Trinajstić information content (AvgIpc) is 2.71. The zero-order chi connectivity index (χ0) is 20.5. The Bertz CT molecular complexity index is 1210. The molecule has 2 N–H and O–H groups in total. The number of nitriles is 1. The average molecular weight is 405 g/mol. The van der Waals surface area contributed by atoms with Gasteiger partial charge in [-0.2, -0.15) is 5.26 Å². The number of nitrogens with two attached hydrogens (primary N) is 1. The van der Waals surface area contributed by atoms with Crippen LogP contribution in [0.3, 0.4) is 0 Å². The van der Waals surface area contributed by atoms with Crippen molar-refractivity contribution in [2.24, 2.45) is 5.73 Å². The monoisotopic (exact) mass is 404 g/mol. The Balaban J connectivity index is 1.92. The minimum Gasteiger partial charge on any atom is -0.440 e. The smallest absolute Gasteiger partial charge is 0.259 e. The van der Waals surface area contributed by atoms with Gasteiger partial charge >= 0.3 is 0 Å². The van der Waals surface area contributed by atoms with E-state index in [0.717, 1.165) is 16.8 Å². The number of hydrogen-bond acceptors (Lipinski definition) is 5. The van der Waals surface area contributed by atoms with E-state index < -0.39 is 5.92 Å². The number of fused-ring (bicyclic) bond motifs is 1. The minimum absolute atomic E-state index is 0.00348. The fraction of sp³-hybridized carbons (Fsp3) is 0.136. The van der Waals surface area contributed by atoms with E-state index in [1.807, 2.05) is 19.1 Å². The molecular weight excluding hydrogens is 388 g/mol. The molecule has 3 aromatic rings. The molecule has 0 unspecified atom stereocenters. The van der Waals surface area contributed by atoms with Crippen molar-refractivity contribution in [1.82, 2.24) is 9.55 Å². The highest BCUT2D eigenvalue weighted by atomic mass is 35.5. The summed E-state index contributed by atoms with van der Waals surface area (Å²) in [6.07, 6.45) is 3.40. The first-order valence-corrected chi connectivity index (χ1v) is 9.33. The molecule has 0 aliphatic carbocycles. The lowest BCUT2D eigenvalue weighted by atomic mass is 9.84. The number of ether oxygens (including phenoxy) is 1. The first-order chi connectivity index (χ1) is 14.0. The molecule has 1 aromatic carbocycles. The molecule has 1 aliphatic heterocycles. The van der Waals surface area contributed by atoms with Crippen LogP contribution in [0.15, 0.2) is 71.1 Å². The van der Waals surface area contributed by atoms with E-state index in [4.69, 9.17) is 22.1 Å². The Labute approximate surface area is 172 Å². The van der Waals surface area contributed by atoms with Gasteiger partial charge in [0.25, 0.3) is 5.56 Å². The Morgan fingerprint density at radius 1 is 1.31 bits per heavy atom. The zero-order valence-electron chi connectivity index (χ0n) is 15.6. The fourth-order valence-corrected chi connectivity index (χ4v) is 3.67. The van der Waals surface area contributed by atoms with Crippen LogP contribution in [0.1, 0.15) is 28.3 Å². The molecule has 144 valence electrons. The lowest BCUT2D eigenvalue weighted by Crippen LogP contribution is -2.33. The van der Waals surface area contributed by atoms with Gasteiger partial charge in [0.2, 0.25) is 5.88 Å². The number of aromatic nitrogens is 2.